The third-order valence-electron chi connectivity index (χ3n) is 3.35. The van der Waals surface area contributed by atoms with Crippen LogP contribution < -0.4 is 5.32 Å². The highest BCUT2D eigenvalue weighted by atomic mass is 35.5. The predicted octanol–water partition coefficient (Wildman–Crippen LogP) is 5.11. The molecule has 0 bridgehead atoms. The van der Waals surface area contributed by atoms with Gasteiger partial charge in [-0.25, -0.2) is 9.37 Å². The number of carbonyl (C=O) groups is 1. The van der Waals surface area contributed by atoms with Crippen molar-refractivity contribution in [2.24, 2.45) is 5.92 Å². The Kier molecular flexibility index (Phi) is 8.88. The number of hydrogen-bond acceptors (Lipinski definition) is 5. The van der Waals surface area contributed by atoms with Gasteiger partial charge in [0.2, 0.25) is 0 Å². The lowest BCUT2D eigenvalue weighted by molar-refractivity contribution is 0.111. The van der Waals surface area contributed by atoms with Crippen molar-refractivity contribution in [1.82, 2.24) is 4.98 Å². The monoisotopic (exact) mass is 379 g/mol. The molecule has 7 heteroatoms. The Labute approximate surface area is 158 Å². The van der Waals surface area contributed by atoms with Gasteiger partial charge in [-0.15, -0.1) is 0 Å². The third kappa shape index (κ3) is 6.20. The van der Waals surface area contributed by atoms with Crippen LogP contribution in [0, 0.1) is 17.1 Å². The van der Waals surface area contributed by atoms with Gasteiger partial charge in [0.15, 0.2) is 6.29 Å². The normalized spacial score (nSPS) is 10.1. The van der Waals surface area contributed by atoms with Crippen molar-refractivity contribution in [2.45, 2.75) is 20.8 Å². The van der Waals surface area contributed by atoms with Crippen molar-refractivity contribution < 1.29 is 13.9 Å². The highest BCUT2D eigenvalue weighted by molar-refractivity contribution is 6.35. The Morgan fingerprint density at radius 3 is 2.42 bits per heavy atom. The summed E-state index contributed by atoms with van der Waals surface area (Å²) in [5.74, 6) is -0.108. The third-order valence-corrected chi connectivity index (χ3v) is 3.65. The highest BCUT2D eigenvalue weighted by Crippen LogP contribution is 2.28. The highest BCUT2D eigenvalue weighted by Gasteiger charge is 2.18. The molecule has 2 rings (SSSR count). The van der Waals surface area contributed by atoms with Gasteiger partial charge in [-0.1, -0.05) is 25.4 Å². The number of benzene rings is 1. The average molecular weight is 380 g/mol. The van der Waals surface area contributed by atoms with Crippen LogP contribution in [-0.4, -0.2) is 30.7 Å². The average Bonchev–Trinajstić information content (AvgIpc) is 2.63. The molecule has 1 aromatic carbocycles. The standard InChI is InChI=1S/C16H15ClFN3O.C3H8O/c1-9(2)15(19)14-13(17)7-12(8-22)21-16(14)20-11-5-3-10(18)4-6-11;1-3-4-2/h3-9,19H,1-2H3,(H,20,21);3H2,1-2H3. The molecule has 0 atom stereocenters. The van der Waals surface area contributed by atoms with Crippen LogP contribution in [0.1, 0.15) is 36.8 Å². The van der Waals surface area contributed by atoms with Gasteiger partial charge in [-0.3, -0.25) is 4.79 Å². The Morgan fingerprint density at radius 1 is 1.38 bits per heavy atom. The second-order valence-electron chi connectivity index (χ2n) is 5.65. The van der Waals surface area contributed by atoms with Gasteiger partial charge < -0.3 is 15.5 Å². The number of nitrogens with one attached hydrogen (secondary N) is 2. The summed E-state index contributed by atoms with van der Waals surface area (Å²) >= 11 is 6.20. The van der Waals surface area contributed by atoms with Crippen LogP contribution in [-0.2, 0) is 4.74 Å². The number of ether oxygens (including phenoxy) is 1. The van der Waals surface area contributed by atoms with Crippen molar-refractivity contribution >= 4 is 35.1 Å². The summed E-state index contributed by atoms with van der Waals surface area (Å²) in [4.78, 5) is 15.1. The summed E-state index contributed by atoms with van der Waals surface area (Å²) in [6, 6.07) is 7.13. The van der Waals surface area contributed by atoms with Gasteiger partial charge in [-0.2, -0.15) is 0 Å². The zero-order valence-corrected chi connectivity index (χ0v) is 16.0. The Balaban J connectivity index is 0.000000765. The van der Waals surface area contributed by atoms with E-state index in [1.54, 1.807) is 19.2 Å². The lowest BCUT2D eigenvalue weighted by atomic mass is 10.00. The molecule has 140 valence electrons. The molecule has 0 saturated heterocycles. The number of pyridine rings is 1. The maximum absolute atomic E-state index is 13.0. The van der Waals surface area contributed by atoms with E-state index in [1.165, 1.54) is 18.2 Å². The van der Waals surface area contributed by atoms with E-state index in [-0.39, 0.29) is 22.5 Å². The van der Waals surface area contributed by atoms with Crippen molar-refractivity contribution in [3.05, 3.63) is 52.4 Å². The van der Waals surface area contributed by atoms with Gasteiger partial charge in [0, 0.05) is 25.1 Å². The molecule has 2 N–H and O–H groups in total. The molecular formula is C19H23ClFN3O2. The smallest absolute Gasteiger partial charge is 0.168 e. The molecule has 0 aliphatic carbocycles. The summed E-state index contributed by atoms with van der Waals surface area (Å²) in [5, 5.41) is 11.4. The molecular weight excluding hydrogens is 357 g/mol. The summed E-state index contributed by atoms with van der Waals surface area (Å²) in [7, 11) is 1.68. The molecule has 0 unspecified atom stereocenters. The molecule has 5 nitrogen and oxygen atoms in total. The first-order valence-corrected chi connectivity index (χ1v) is 8.47. The van der Waals surface area contributed by atoms with E-state index < -0.39 is 0 Å². The van der Waals surface area contributed by atoms with E-state index in [0.29, 0.717) is 29.1 Å². The fourth-order valence-corrected chi connectivity index (χ4v) is 2.20. The first kappa shape index (κ1) is 21.7. The Bertz CT molecular complexity index is 747. The Hall–Kier alpha value is -2.31. The van der Waals surface area contributed by atoms with Crippen LogP contribution in [0.3, 0.4) is 0 Å². The molecule has 0 aliphatic rings. The fraction of sp³-hybridized carbons (Fsp3) is 0.316. The van der Waals surface area contributed by atoms with Gasteiger partial charge >= 0.3 is 0 Å². The van der Waals surface area contributed by atoms with Crippen molar-refractivity contribution in [3.8, 4) is 0 Å². The summed E-state index contributed by atoms with van der Waals surface area (Å²) < 4.78 is 17.5. The summed E-state index contributed by atoms with van der Waals surface area (Å²) in [6.45, 7) is 6.52. The topological polar surface area (TPSA) is 75.1 Å². The molecule has 2 aromatic rings. The number of halogens is 2. The van der Waals surface area contributed by atoms with E-state index in [0.717, 1.165) is 6.61 Å². The number of aromatic nitrogens is 1. The van der Waals surface area contributed by atoms with E-state index in [1.807, 2.05) is 20.8 Å². The maximum Gasteiger partial charge on any atom is 0.168 e. The number of anilines is 2. The molecule has 0 fully saturated rings. The number of methoxy groups -OCH3 is 1. The zero-order valence-electron chi connectivity index (χ0n) is 15.3. The van der Waals surface area contributed by atoms with Crippen molar-refractivity contribution in [3.63, 3.8) is 0 Å². The van der Waals surface area contributed by atoms with Gasteiger partial charge in [0.25, 0.3) is 0 Å². The Morgan fingerprint density at radius 2 is 1.96 bits per heavy atom. The maximum atomic E-state index is 13.0. The van der Waals surface area contributed by atoms with E-state index in [4.69, 9.17) is 17.0 Å². The molecule has 0 spiro atoms. The number of aldehydes is 1. The lowest BCUT2D eigenvalue weighted by Crippen LogP contribution is -2.13. The molecule has 0 aliphatic heterocycles. The number of rotatable bonds is 6. The van der Waals surface area contributed by atoms with Crippen molar-refractivity contribution in [2.75, 3.05) is 19.0 Å². The minimum Gasteiger partial charge on any atom is -0.385 e. The fourth-order valence-electron chi connectivity index (χ4n) is 1.90. The summed E-state index contributed by atoms with van der Waals surface area (Å²) in [6.07, 6.45) is 0.588. The first-order chi connectivity index (χ1) is 12.3. The zero-order chi connectivity index (χ0) is 19.7. The van der Waals surface area contributed by atoms with Crippen LogP contribution in [0.25, 0.3) is 0 Å². The largest absolute Gasteiger partial charge is 0.385 e. The van der Waals surface area contributed by atoms with Gasteiger partial charge in [-0.05, 0) is 43.2 Å². The molecule has 0 radical (unpaired) electrons. The second kappa shape index (κ2) is 10.6. The lowest BCUT2D eigenvalue weighted by Gasteiger charge is -2.16. The number of carbonyl (C=O) groups excluding carboxylic acids is 1. The number of nitrogens with zero attached hydrogens (tertiary/aromatic N) is 1. The first-order valence-electron chi connectivity index (χ1n) is 8.10. The van der Waals surface area contributed by atoms with Crippen LogP contribution in [0.15, 0.2) is 30.3 Å². The van der Waals surface area contributed by atoms with E-state index >= 15 is 0 Å². The summed E-state index contributed by atoms with van der Waals surface area (Å²) in [5.41, 5.74) is 1.49. The predicted molar refractivity (Wildman–Crippen MR) is 104 cm³/mol. The molecule has 0 amide bonds. The molecule has 1 aromatic heterocycles. The van der Waals surface area contributed by atoms with Gasteiger partial charge in [0.1, 0.15) is 17.3 Å². The number of hydrogen-bond donors (Lipinski definition) is 2. The van der Waals surface area contributed by atoms with Crippen LogP contribution in [0.5, 0.6) is 0 Å². The van der Waals surface area contributed by atoms with Crippen molar-refractivity contribution in [1.29, 1.82) is 5.41 Å². The minimum absolute atomic E-state index is 0.0600. The van der Waals surface area contributed by atoms with Gasteiger partial charge in [0.05, 0.1) is 10.6 Å². The van der Waals surface area contributed by atoms with E-state index in [9.17, 15) is 9.18 Å². The van der Waals surface area contributed by atoms with E-state index in [2.05, 4.69) is 15.0 Å². The molecule has 26 heavy (non-hydrogen) atoms. The van der Waals surface area contributed by atoms with Crippen LogP contribution >= 0.6 is 11.6 Å². The SMILES string of the molecule is CC(C)C(=N)c1c(Cl)cc(C=O)nc1Nc1ccc(F)cc1.CCOC. The van der Waals surface area contributed by atoms with Crippen LogP contribution in [0.4, 0.5) is 15.9 Å². The second-order valence-corrected chi connectivity index (χ2v) is 6.06. The minimum atomic E-state index is -0.353. The quantitative estimate of drug-likeness (QED) is 0.540. The molecule has 0 saturated carbocycles. The van der Waals surface area contributed by atoms with Crippen LogP contribution in [0.2, 0.25) is 5.02 Å². The molecule has 1 heterocycles.